The van der Waals surface area contributed by atoms with Crippen LogP contribution in [0.15, 0.2) is 4.99 Å². The lowest BCUT2D eigenvalue weighted by Crippen LogP contribution is -2.38. The monoisotopic (exact) mass is 436 g/mol. The van der Waals surface area contributed by atoms with Gasteiger partial charge in [-0.15, -0.1) is 34.2 Å². The van der Waals surface area contributed by atoms with Crippen LogP contribution in [-0.2, 0) is 24.2 Å². The average Bonchev–Trinajstić information content (AvgIpc) is 3.13. The molecule has 1 aromatic rings. The van der Waals surface area contributed by atoms with Crippen molar-refractivity contribution in [2.24, 2.45) is 4.99 Å². The molecule has 8 heteroatoms. The van der Waals surface area contributed by atoms with Crippen molar-refractivity contribution < 1.29 is 4.74 Å². The van der Waals surface area contributed by atoms with Crippen LogP contribution in [0.25, 0.3) is 0 Å². The number of nitrogens with zero attached hydrogens (tertiary/aromatic N) is 4. The first kappa shape index (κ1) is 20.1. The van der Waals surface area contributed by atoms with E-state index in [2.05, 4.69) is 37.3 Å². The topological polar surface area (TPSA) is 76.4 Å². The first-order chi connectivity index (χ1) is 10.8. The first-order valence-electron chi connectivity index (χ1n) is 8.28. The number of hydrogen-bond donors (Lipinski definition) is 2. The van der Waals surface area contributed by atoms with Crippen LogP contribution in [0.4, 0.5) is 0 Å². The summed E-state index contributed by atoms with van der Waals surface area (Å²) in [5.74, 6) is 2.88. The first-order valence-corrected chi connectivity index (χ1v) is 8.28. The molecule has 2 N–H and O–H groups in total. The Morgan fingerprint density at radius 3 is 2.87 bits per heavy atom. The third kappa shape index (κ3) is 6.62. The Bertz CT molecular complexity index is 477. The molecule has 23 heavy (non-hydrogen) atoms. The van der Waals surface area contributed by atoms with Crippen molar-refractivity contribution in [3.05, 3.63) is 11.6 Å². The molecule has 0 aliphatic carbocycles. The smallest absolute Gasteiger partial charge is 0.191 e. The number of aliphatic imine (C=N–C) groups is 1. The average molecular weight is 436 g/mol. The van der Waals surface area contributed by atoms with Crippen LogP contribution in [0.3, 0.4) is 0 Å². The number of hydrogen-bond acceptors (Lipinski definition) is 4. The van der Waals surface area contributed by atoms with E-state index in [-0.39, 0.29) is 24.0 Å². The van der Waals surface area contributed by atoms with Gasteiger partial charge in [0.25, 0.3) is 0 Å². The van der Waals surface area contributed by atoms with E-state index >= 15 is 0 Å². The molecule has 132 valence electrons. The van der Waals surface area contributed by atoms with Crippen LogP contribution in [-0.4, -0.2) is 47.5 Å². The van der Waals surface area contributed by atoms with Crippen LogP contribution in [0.5, 0.6) is 0 Å². The third-order valence-corrected chi connectivity index (χ3v) is 3.72. The number of ether oxygens (including phenoxy) is 1. The summed E-state index contributed by atoms with van der Waals surface area (Å²) in [5.41, 5.74) is 0. The van der Waals surface area contributed by atoms with Crippen molar-refractivity contribution >= 4 is 29.9 Å². The van der Waals surface area contributed by atoms with Crippen LogP contribution in [0.2, 0.25) is 0 Å². The molecule has 0 bridgehead atoms. The molecule has 0 unspecified atom stereocenters. The summed E-state index contributed by atoms with van der Waals surface area (Å²) in [6.07, 6.45) is 5.51. The molecular formula is C15H29IN6O. The highest BCUT2D eigenvalue weighted by Crippen LogP contribution is 2.13. The molecule has 0 amide bonds. The van der Waals surface area contributed by atoms with Crippen LogP contribution in [0.1, 0.15) is 44.3 Å². The molecule has 2 rings (SSSR count). The standard InChI is InChI=1S/C15H28N6O.HI/c1-3-4-10-22-11-6-8-17-15(16-2)18-12-14-20-19-13-7-5-9-21(13)14;/h3-12H2,1-2H3,(H2,16,17,18);1H. The van der Waals surface area contributed by atoms with E-state index in [1.165, 1.54) is 12.8 Å². The van der Waals surface area contributed by atoms with Crippen molar-refractivity contribution in [1.82, 2.24) is 25.4 Å². The second-order valence-electron chi connectivity index (χ2n) is 5.46. The molecule has 1 aliphatic heterocycles. The maximum Gasteiger partial charge on any atom is 0.191 e. The van der Waals surface area contributed by atoms with Gasteiger partial charge in [-0.05, 0) is 19.3 Å². The fourth-order valence-corrected chi connectivity index (χ4v) is 2.45. The third-order valence-electron chi connectivity index (χ3n) is 3.72. The van der Waals surface area contributed by atoms with Gasteiger partial charge in [-0.25, -0.2) is 0 Å². The van der Waals surface area contributed by atoms with E-state index < -0.39 is 0 Å². The molecule has 0 spiro atoms. The van der Waals surface area contributed by atoms with E-state index in [9.17, 15) is 0 Å². The SMILES string of the molecule is CCCCOCCCNC(=NC)NCc1nnc2n1CCC2.I. The molecule has 1 aliphatic rings. The van der Waals surface area contributed by atoms with Crippen molar-refractivity contribution in [1.29, 1.82) is 0 Å². The summed E-state index contributed by atoms with van der Waals surface area (Å²) in [6.45, 7) is 6.36. The molecular weight excluding hydrogens is 407 g/mol. The predicted octanol–water partition coefficient (Wildman–Crippen LogP) is 1.71. The predicted molar refractivity (Wildman–Crippen MR) is 102 cm³/mol. The molecule has 0 saturated heterocycles. The summed E-state index contributed by atoms with van der Waals surface area (Å²) in [5, 5.41) is 15.0. The zero-order valence-electron chi connectivity index (χ0n) is 14.2. The van der Waals surface area contributed by atoms with Gasteiger partial charge < -0.3 is 19.9 Å². The lowest BCUT2D eigenvalue weighted by Gasteiger charge is -2.12. The fraction of sp³-hybridized carbons (Fsp3) is 0.800. The number of fused-ring (bicyclic) bond motifs is 1. The number of guanidine groups is 1. The Morgan fingerprint density at radius 2 is 2.09 bits per heavy atom. The number of halogens is 1. The minimum Gasteiger partial charge on any atom is -0.381 e. The highest BCUT2D eigenvalue weighted by molar-refractivity contribution is 14.0. The van der Waals surface area contributed by atoms with Gasteiger partial charge in [0, 0.05) is 39.8 Å². The Labute approximate surface area is 155 Å². The molecule has 0 radical (unpaired) electrons. The normalized spacial score (nSPS) is 13.6. The highest BCUT2D eigenvalue weighted by atomic mass is 127. The summed E-state index contributed by atoms with van der Waals surface area (Å²) in [6, 6.07) is 0. The Balaban J connectivity index is 0.00000264. The molecule has 2 heterocycles. The molecule has 1 aromatic heterocycles. The van der Waals surface area contributed by atoms with E-state index in [0.717, 1.165) is 63.2 Å². The Morgan fingerprint density at radius 1 is 1.26 bits per heavy atom. The van der Waals surface area contributed by atoms with Crippen LogP contribution >= 0.6 is 24.0 Å². The summed E-state index contributed by atoms with van der Waals surface area (Å²) in [7, 11) is 1.78. The van der Waals surface area contributed by atoms with E-state index in [4.69, 9.17) is 4.74 Å². The summed E-state index contributed by atoms with van der Waals surface area (Å²) >= 11 is 0. The van der Waals surface area contributed by atoms with Gasteiger partial charge in [0.05, 0.1) is 6.54 Å². The van der Waals surface area contributed by atoms with Gasteiger partial charge in [-0.3, -0.25) is 4.99 Å². The van der Waals surface area contributed by atoms with Crippen molar-refractivity contribution in [2.45, 2.75) is 52.1 Å². The molecule has 0 saturated carbocycles. The van der Waals surface area contributed by atoms with Gasteiger partial charge in [0.15, 0.2) is 11.8 Å². The zero-order valence-corrected chi connectivity index (χ0v) is 16.5. The lowest BCUT2D eigenvalue weighted by atomic mass is 10.4. The van der Waals surface area contributed by atoms with Crippen molar-refractivity contribution in [3.63, 3.8) is 0 Å². The minimum absolute atomic E-state index is 0. The van der Waals surface area contributed by atoms with Crippen LogP contribution in [0, 0.1) is 0 Å². The number of rotatable bonds is 9. The summed E-state index contributed by atoms with van der Waals surface area (Å²) in [4.78, 5) is 4.22. The molecule has 7 nitrogen and oxygen atoms in total. The highest BCUT2D eigenvalue weighted by Gasteiger charge is 2.16. The van der Waals surface area contributed by atoms with Gasteiger partial charge in [0.2, 0.25) is 0 Å². The van der Waals surface area contributed by atoms with Gasteiger partial charge in [0.1, 0.15) is 5.82 Å². The van der Waals surface area contributed by atoms with Crippen molar-refractivity contribution in [2.75, 3.05) is 26.8 Å². The number of unbranched alkanes of at least 4 members (excludes halogenated alkanes) is 1. The van der Waals surface area contributed by atoms with Gasteiger partial charge in [-0.2, -0.15) is 0 Å². The zero-order chi connectivity index (χ0) is 15.6. The maximum absolute atomic E-state index is 5.54. The van der Waals surface area contributed by atoms with E-state index in [1.807, 2.05) is 0 Å². The molecule has 0 atom stereocenters. The van der Waals surface area contributed by atoms with Crippen molar-refractivity contribution in [3.8, 4) is 0 Å². The second-order valence-corrected chi connectivity index (χ2v) is 5.46. The molecule has 0 fully saturated rings. The minimum atomic E-state index is 0. The quantitative estimate of drug-likeness (QED) is 0.267. The maximum atomic E-state index is 5.54. The largest absolute Gasteiger partial charge is 0.381 e. The second kappa shape index (κ2) is 11.6. The van der Waals surface area contributed by atoms with Gasteiger partial charge >= 0.3 is 0 Å². The van der Waals surface area contributed by atoms with Crippen LogP contribution < -0.4 is 10.6 Å². The van der Waals surface area contributed by atoms with E-state index in [1.54, 1.807) is 7.05 Å². The molecule has 0 aromatic carbocycles. The number of aryl methyl sites for hydroxylation is 1. The fourth-order valence-electron chi connectivity index (χ4n) is 2.45. The summed E-state index contributed by atoms with van der Waals surface area (Å²) < 4.78 is 7.73. The number of aromatic nitrogens is 3. The van der Waals surface area contributed by atoms with Gasteiger partial charge in [-0.1, -0.05) is 13.3 Å². The lowest BCUT2D eigenvalue weighted by molar-refractivity contribution is 0.129. The van der Waals surface area contributed by atoms with E-state index in [0.29, 0.717) is 6.54 Å². The Kier molecular flexibility index (Phi) is 10.2. The number of nitrogens with one attached hydrogen (secondary N) is 2. The Hall–Kier alpha value is -0.900.